The summed E-state index contributed by atoms with van der Waals surface area (Å²) in [6.45, 7) is -1.60. The van der Waals surface area contributed by atoms with E-state index in [4.69, 9.17) is 0 Å². The first-order valence-corrected chi connectivity index (χ1v) is 6.53. The fourth-order valence-corrected chi connectivity index (χ4v) is 2.82. The fraction of sp³-hybridized carbons (Fsp3) is 0.833. The van der Waals surface area contributed by atoms with Crippen molar-refractivity contribution >= 4 is 11.8 Å². The number of nitrogens with one attached hydrogen (secondary N) is 1. The first-order chi connectivity index (χ1) is 9.27. The van der Waals surface area contributed by atoms with Crippen LogP contribution in [-0.4, -0.2) is 47.7 Å². The van der Waals surface area contributed by atoms with E-state index >= 15 is 0 Å². The van der Waals surface area contributed by atoms with Crippen LogP contribution < -0.4 is 5.32 Å². The number of carbonyl (C=O) groups excluding carboxylic acids is 2. The molecular formula is C12H16F4N2O2. The molecule has 2 rings (SSSR count). The number of alkyl halides is 4. The largest absolute Gasteiger partial charge is 0.342 e. The van der Waals surface area contributed by atoms with Crippen LogP contribution in [0.1, 0.15) is 32.1 Å². The third-order valence-electron chi connectivity index (χ3n) is 3.86. The Hall–Kier alpha value is -1.34. The van der Waals surface area contributed by atoms with Gasteiger partial charge in [0.1, 0.15) is 5.54 Å². The maximum absolute atomic E-state index is 13.2. The summed E-state index contributed by atoms with van der Waals surface area (Å²) in [5, 5.41) is 2.59. The molecule has 20 heavy (non-hydrogen) atoms. The molecule has 114 valence electrons. The molecule has 1 saturated heterocycles. The van der Waals surface area contributed by atoms with Crippen LogP contribution in [0.3, 0.4) is 0 Å². The lowest BCUT2D eigenvalue weighted by Crippen LogP contribution is -2.57. The summed E-state index contributed by atoms with van der Waals surface area (Å²) in [5.74, 6) is -5.33. The Kier molecular flexibility index (Phi) is 3.93. The predicted octanol–water partition coefficient (Wildman–Crippen LogP) is 1.55. The standard InChI is InChI=1S/C12H16F4N2O2/c13-9(14)12(15,16)7-18-6-3-8(19)17-11(10(18)20)4-1-2-5-11/h9H,1-7H2,(H,17,19). The molecule has 0 aromatic rings. The molecule has 0 atom stereocenters. The summed E-state index contributed by atoms with van der Waals surface area (Å²) in [5.41, 5.74) is -1.17. The molecule has 1 saturated carbocycles. The van der Waals surface area contributed by atoms with Crippen molar-refractivity contribution in [1.29, 1.82) is 0 Å². The zero-order valence-electron chi connectivity index (χ0n) is 10.8. The summed E-state index contributed by atoms with van der Waals surface area (Å²) in [6.07, 6.45) is -1.84. The molecule has 0 aromatic heterocycles. The molecule has 1 spiro atoms. The minimum Gasteiger partial charge on any atom is -0.342 e. The Morgan fingerprint density at radius 3 is 2.40 bits per heavy atom. The molecule has 4 nitrogen and oxygen atoms in total. The number of amides is 2. The van der Waals surface area contributed by atoms with Gasteiger partial charge in [-0.25, -0.2) is 8.78 Å². The molecule has 1 aliphatic carbocycles. The van der Waals surface area contributed by atoms with Crippen LogP contribution in [0.2, 0.25) is 0 Å². The van der Waals surface area contributed by atoms with Crippen molar-refractivity contribution in [1.82, 2.24) is 10.2 Å². The molecular weight excluding hydrogens is 280 g/mol. The van der Waals surface area contributed by atoms with Gasteiger partial charge in [0.2, 0.25) is 11.8 Å². The Morgan fingerprint density at radius 1 is 1.25 bits per heavy atom. The second-order valence-corrected chi connectivity index (χ2v) is 5.38. The van der Waals surface area contributed by atoms with Crippen molar-refractivity contribution in [3.63, 3.8) is 0 Å². The highest BCUT2D eigenvalue weighted by Gasteiger charge is 2.50. The van der Waals surface area contributed by atoms with Gasteiger partial charge in [0.05, 0.1) is 6.54 Å². The summed E-state index contributed by atoms with van der Waals surface area (Å²) in [7, 11) is 0. The number of hydrogen-bond acceptors (Lipinski definition) is 2. The van der Waals surface area contributed by atoms with Gasteiger partial charge in [-0.1, -0.05) is 12.8 Å². The average molecular weight is 296 g/mol. The van der Waals surface area contributed by atoms with Crippen LogP contribution in [-0.2, 0) is 9.59 Å². The second-order valence-electron chi connectivity index (χ2n) is 5.38. The lowest BCUT2D eigenvalue weighted by molar-refractivity contribution is -0.160. The highest BCUT2D eigenvalue weighted by molar-refractivity contribution is 5.93. The van der Waals surface area contributed by atoms with Crippen LogP contribution in [0.15, 0.2) is 0 Å². The summed E-state index contributed by atoms with van der Waals surface area (Å²) in [4.78, 5) is 24.7. The van der Waals surface area contributed by atoms with Gasteiger partial charge in [0, 0.05) is 13.0 Å². The lowest BCUT2D eigenvalue weighted by atomic mass is 9.95. The zero-order chi connectivity index (χ0) is 15.0. The normalized spacial score (nSPS) is 23.4. The quantitative estimate of drug-likeness (QED) is 0.803. The summed E-state index contributed by atoms with van der Waals surface area (Å²) >= 11 is 0. The van der Waals surface area contributed by atoms with E-state index in [0.29, 0.717) is 30.6 Å². The van der Waals surface area contributed by atoms with Crippen LogP contribution >= 0.6 is 0 Å². The van der Waals surface area contributed by atoms with Gasteiger partial charge in [0.15, 0.2) is 0 Å². The van der Waals surface area contributed by atoms with E-state index in [2.05, 4.69) is 5.32 Å². The van der Waals surface area contributed by atoms with E-state index < -0.39 is 36.2 Å². The molecule has 2 aliphatic rings. The second kappa shape index (κ2) is 5.21. The minimum atomic E-state index is -4.26. The SMILES string of the molecule is O=C1CCN(CC(F)(F)C(F)F)C(=O)C2(CCCC2)N1. The van der Waals surface area contributed by atoms with Crippen molar-refractivity contribution in [2.75, 3.05) is 13.1 Å². The Balaban J connectivity index is 2.20. The number of carbonyl (C=O) groups is 2. The molecule has 0 aromatic carbocycles. The summed E-state index contributed by atoms with van der Waals surface area (Å²) < 4.78 is 50.9. The van der Waals surface area contributed by atoms with E-state index in [0.717, 1.165) is 0 Å². The Morgan fingerprint density at radius 2 is 1.85 bits per heavy atom. The average Bonchev–Trinajstić information content (AvgIpc) is 2.78. The lowest BCUT2D eigenvalue weighted by Gasteiger charge is -2.33. The van der Waals surface area contributed by atoms with E-state index in [1.165, 1.54) is 0 Å². The van der Waals surface area contributed by atoms with Crippen molar-refractivity contribution in [2.45, 2.75) is 50.0 Å². The van der Waals surface area contributed by atoms with E-state index in [1.807, 2.05) is 0 Å². The van der Waals surface area contributed by atoms with Crippen LogP contribution in [0.4, 0.5) is 17.6 Å². The topological polar surface area (TPSA) is 49.4 Å². The van der Waals surface area contributed by atoms with Crippen LogP contribution in [0.5, 0.6) is 0 Å². The highest BCUT2D eigenvalue weighted by Crippen LogP contribution is 2.34. The maximum Gasteiger partial charge on any atom is 0.324 e. The van der Waals surface area contributed by atoms with E-state index in [9.17, 15) is 27.2 Å². The zero-order valence-corrected chi connectivity index (χ0v) is 10.8. The molecule has 1 heterocycles. The monoisotopic (exact) mass is 296 g/mol. The van der Waals surface area contributed by atoms with E-state index in [1.54, 1.807) is 0 Å². The van der Waals surface area contributed by atoms with Crippen LogP contribution in [0.25, 0.3) is 0 Å². The minimum absolute atomic E-state index is 0.146. The Bertz CT molecular complexity index is 408. The molecule has 1 N–H and O–H groups in total. The van der Waals surface area contributed by atoms with Crippen molar-refractivity contribution in [3.05, 3.63) is 0 Å². The van der Waals surface area contributed by atoms with Gasteiger partial charge < -0.3 is 10.2 Å². The van der Waals surface area contributed by atoms with Gasteiger partial charge in [-0.2, -0.15) is 8.78 Å². The molecule has 0 bridgehead atoms. The molecule has 0 unspecified atom stereocenters. The maximum atomic E-state index is 13.2. The van der Waals surface area contributed by atoms with Gasteiger partial charge in [-0.05, 0) is 12.8 Å². The predicted molar refractivity (Wildman–Crippen MR) is 61.5 cm³/mol. The Labute approximate surface area is 113 Å². The first kappa shape index (κ1) is 15.1. The molecule has 1 aliphatic heterocycles. The summed E-state index contributed by atoms with van der Waals surface area (Å²) in [6, 6.07) is 0. The highest BCUT2D eigenvalue weighted by atomic mass is 19.3. The number of halogens is 4. The van der Waals surface area contributed by atoms with Crippen molar-refractivity contribution < 1.29 is 27.2 Å². The fourth-order valence-electron chi connectivity index (χ4n) is 2.82. The first-order valence-electron chi connectivity index (χ1n) is 6.53. The number of nitrogens with zero attached hydrogens (tertiary/aromatic N) is 1. The van der Waals surface area contributed by atoms with Crippen LogP contribution in [0, 0.1) is 0 Å². The van der Waals surface area contributed by atoms with Gasteiger partial charge >= 0.3 is 12.3 Å². The van der Waals surface area contributed by atoms with Gasteiger partial charge in [-0.15, -0.1) is 0 Å². The van der Waals surface area contributed by atoms with Crippen molar-refractivity contribution in [3.8, 4) is 0 Å². The van der Waals surface area contributed by atoms with E-state index in [-0.39, 0.29) is 13.0 Å². The third kappa shape index (κ3) is 2.73. The smallest absolute Gasteiger partial charge is 0.324 e. The molecule has 0 radical (unpaired) electrons. The van der Waals surface area contributed by atoms with Crippen molar-refractivity contribution in [2.24, 2.45) is 0 Å². The molecule has 2 amide bonds. The van der Waals surface area contributed by atoms with Gasteiger partial charge in [-0.3, -0.25) is 9.59 Å². The van der Waals surface area contributed by atoms with Gasteiger partial charge in [0.25, 0.3) is 0 Å². The number of hydrogen-bond donors (Lipinski definition) is 1. The molecule has 2 fully saturated rings. The third-order valence-corrected chi connectivity index (χ3v) is 3.86. The molecule has 8 heteroatoms. The number of rotatable bonds is 3.